The fraction of sp³-hybridized carbons (Fsp3) is 0.273. The Labute approximate surface area is 277 Å². The van der Waals surface area contributed by atoms with Crippen LogP contribution in [0.2, 0.25) is 0 Å². The third kappa shape index (κ3) is 7.11. The van der Waals surface area contributed by atoms with Crippen molar-refractivity contribution >= 4 is 36.6 Å². The summed E-state index contributed by atoms with van der Waals surface area (Å²) in [6.07, 6.45) is 2.69. The Kier molecular flexibility index (Phi) is 9.33. The van der Waals surface area contributed by atoms with E-state index in [9.17, 15) is 28.7 Å². The van der Waals surface area contributed by atoms with Crippen LogP contribution in [0.4, 0.5) is 4.79 Å². The predicted octanol–water partition coefficient (Wildman–Crippen LogP) is 1.52. The fourth-order valence-electron chi connectivity index (χ4n) is 6.30. The Balaban J connectivity index is 1.35. The first-order valence-electron chi connectivity index (χ1n) is 15.3. The molecule has 0 bridgehead atoms. The molecule has 0 spiro atoms. The van der Waals surface area contributed by atoms with Crippen molar-refractivity contribution in [2.45, 2.75) is 31.7 Å². The Morgan fingerprint density at radius 1 is 1.06 bits per heavy atom. The van der Waals surface area contributed by atoms with Crippen LogP contribution in [0.3, 0.4) is 0 Å². The van der Waals surface area contributed by atoms with E-state index in [1.807, 2.05) is 61.8 Å². The van der Waals surface area contributed by atoms with Crippen molar-refractivity contribution in [2.24, 2.45) is 7.05 Å². The summed E-state index contributed by atoms with van der Waals surface area (Å²) in [5, 5.41) is 11.6. The number of carbonyl (C=O) groups is 3. The standard InChI is InChI=1S/C33H36N7O7P/c1-3-16-38-22-30(41)39-28(17-23-12-14-27(15-13-23)47-48(44,45)46)32(42)37(20-26-11-7-10-25-19-36(2)35-31(25)26)21-29(39)40(38)33(43)34-18-24-8-5-4-6-9-24/h3-15,19,28-29H,1,16-18,20-22H2,2H3,(H,34,43)(H2,44,45,46)/p-2/t28-,29-/m0/s1. The normalized spacial score (nSPS) is 18.6. The number of aryl methyl sites for hydroxylation is 1. The molecular formula is C33H34N7O7P-2. The van der Waals surface area contributed by atoms with Crippen molar-refractivity contribution < 1.29 is 33.3 Å². The molecule has 2 aliphatic heterocycles. The predicted molar refractivity (Wildman–Crippen MR) is 171 cm³/mol. The molecule has 0 unspecified atom stereocenters. The highest BCUT2D eigenvalue weighted by molar-refractivity contribution is 7.43. The molecule has 48 heavy (non-hydrogen) atoms. The van der Waals surface area contributed by atoms with Crippen LogP contribution in [0.25, 0.3) is 10.9 Å². The number of hydrazine groups is 1. The maximum atomic E-state index is 14.3. The summed E-state index contributed by atoms with van der Waals surface area (Å²) < 4.78 is 17.3. The molecule has 14 nitrogen and oxygen atoms in total. The van der Waals surface area contributed by atoms with Crippen LogP contribution in [0.1, 0.15) is 16.7 Å². The average molecular weight is 672 g/mol. The summed E-state index contributed by atoms with van der Waals surface area (Å²) in [5.74, 6) is -0.823. The van der Waals surface area contributed by atoms with Gasteiger partial charge in [0.1, 0.15) is 25.8 Å². The quantitative estimate of drug-likeness (QED) is 0.194. The average Bonchev–Trinajstić information content (AvgIpc) is 3.44. The summed E-state index contributed by atoms with van der Waals surface area (Å²) in [6.45, 7) is 4.34. The summed E-state index contributed by atoms with van der Waals surface area (Å²) >= 11 is 0. The number of hydrogen-bond acceptors (Lipinski definition) is 9. The number of fused-ring (bicyclic) bond motifs is 2. The molecule has 2 atom stereocenters. The minimum absolute atomic E-state index is 0.0335. The first kappa shape index (κ1) is 32.9. The van der Waals surface area contributed by atoms with Crippen LogP contribution < -0.4 is 19.6 Å². The molecule has 2 fully saturated rings. The van der Waals surface area contributed by atoms with Gasteiger partial charge < -0.3 is 34.0 Å². The molecule has 4 amide bonds. The number of piperazine rings is 1. The van der Waals surface area contributed by atoms with Crippen LogP contribution in [-0.4, -0.2) is 79.3 Å². The molecular weight excluding hydrogens is 637 g/mol. The third-order valence-corrected chi connectivity index (χ3v) is 8.76. The maximum Gasteiger partial charge on any atom is 0.334 e. The Morgan fingerprint density at radius 3 is 2.52 bits per heavy atom. The topological polar surface area (TPSA) is 166 Å². The smallest absolute Gasteiger partial charge is 0.334 e. The van der Waals surface area contributed by atoms with E-state index in [0.717, 1.165) is 22.0 Å². The molecule has 4 aromatic rings. The van der Waals surface area contributed by atoms with Crippen LogP contribution in [0, 0.1) is 0 Å². The van der Waals surface area contributed by atoms with Gasteiger partial charge in [-0.05, 0) is 28.8 Å². The van der Waals surface area contributed by atoms with E-state index in [2.05, 4.69) is 21.5 Å². The van der Waals surface area contributed by atoms with Gasteiger partial charge in [0.15, 0.2) is 0 Å². The molecule has 1 aromatic heterocycles. The van der Waals surface area contributed by atoms with Crippen molar-refractivity contribution in [3.8, 4) is 5.75 Å². The van der Waals surface area contributed by atoms with E-state index < -0.39 is 26.1 Å². The highest BCUT2D eigenvalue weighted by Gasteiger charge is 2.51. The van der Waals surface area contributed by atoms with E-state index in [-0.39, 0.29) is 56.7 Å². The number of hydrogen-bond donors (Lipinski definition) is 1. The van der Waals surface area contributed by atoms with E-state index in [4.69, 9.17) is 0 Å². The van der Waals surface area contributed by atoms with Crippen molar-refractivity contribution in [3.05, 3.63) is 108 Å². The van der Waals surface area contributed by atoms with Crippen LogP contribution in [-0.2, 0) is 40.7 Å². The molecule has 3 heterocycles. The largest absolute Gasteiger partial charge is 0.780 e. The molecule has 0 radical (unpaired) electrons. The number of nitrogens with zero attached hydrogens (tertiary/aromatic N) is 6. The van der Waals surface area contributed by atoms with Gasteiger partial charge in [-0.2, -0.15) is 5.10 Å². The van der Waals surface area contributed by atoms with Crippen molar-refractivity contribution in [2.75, 3.05) is 19.6 Å². The monoisotopic (exact) mass is 671 g/mol. The first-order chi connectivity index (χ1) is 23.0. The SMILES string of the molecule is C=CCN1CC(=O)N2[C@@H](Cc3ccc(OP(=O)([O-])[O-])cc3)C(=O)N(Cc3cccc4cn(C)nc34)C[C@@H]2N1C(=O)NCc1ccccc1. The maximum absolute atomic E-state index is 14.3. The lowest BCUT2D eigenvalue weighted by Gasteiger charge is -2.55. The lowest BCUT2D eigenvalue weighted by atomic mass is 9.98. The summed E-state index contributed by atoms with van der Waals surface area (Å²) in [4.78, 5) is 67.4. The number of carbonyl (C=O) groups excluding carboxylic acids is 3. The van der Waals surface area contributed by atoms with Gasteiger partial charge in [-0.3, -0.25) is 14.3 Å². The van der Waals surface area contributed by atoms with Gasteiger partial charge in [0, 0.05) is 44.7 Å². The lowest BCUT2D eigenvalue weighted by molar-refractivity contribution is -0.333. The fourth-order valence-corrected chi connectivity index (χ4v) is 6.68. The Hall–Kier alpha value is -5.01. The first-order valence-corrected chi connectivity index (χ1v) is 16.8. The molecule has 0 aliphatic carbocycles. The van der Waals surface area contributed by atoms with E-state index in [0.29, 0.717) is 5.56 Å². The van der Waals surface area contributed by atoms with Gasteiger partial charge >= 0.3 is 6.03 Å². The van der Waals surface area contributed by atoms with E-state index in [1.165, 1.54) is 34.2 Å². The summed E-state index contributed by atoms with van der Waals surface area (Å²) in [6, 6.07) is 19.4. The molecule has 6 rings (SSSR count). The van der Waals surface area contributed by atoms with Gasteiger partial charge in [-0.25, -0.2) is 14.8 Å². The molecule has 15 heteroatoms. The molecule has 2 aliphatic rings. The molecule has 1 N–H and O–H groups in total. The number of benzene rings is 3. The second-order valence-corrected chi connectivity index (χ2v) is 12.8. The van der Waals surface area contributed by atoms with Gasteiger partial charge in [0.2, 0.25) is 11.8 Å². The minimum Gasteiger partial charge on any atom is -0.780 e. The van der Waals surface area contributed by atoms with E-state index in [1.54, 1.807) is 20.7 Å². The van der Waals surface area contributed by atoms with Crippen LogP contribution in [0.5, 0.6) is 5.75 Å². The number of rotatable bonds is 10. The van der Waals surface area contributed by atoms with Gasteiger partial charge in [0.05, 0.1) is 18.6 Å². The molecule has 0 saturated carbocycles. The molecule has 3 aromatic carbocycles. The molecule has 2 saturated heterocycles. The third-order valence-electron chi connectivity index (χ3n) is 8.33. The number of phosphoric ester groups is 1. The minimum atomic E-state index is -5.26. The van der Waals surface area contributed by atoms with Gasteiger partial charge in [-0.15, -0.1) is 6.58 Å². The summed E-state index contributed by atoms with van der Waals surface area (Å²) in [5.41, 5.74) is 3.02. The molecule has 250 valence electrons. The zero-order chi connectivity index (χ0) is 34.0. The van der Waals surface area contributed by atoms with Gasteiger partial charge in [-0.1, -0.05) is 66.7 Å². The number of nitrogens with one attached hydrogen (secondary N) is 1. The van der Waals surface area contributed by atoms with Crippen LogP contribution >= 0.6 is 7.82 Å². The second-order valence-electron chi connectivity index (χ2n) is 11.7. The number of phosphoric acid groups is 1. The van der Waals surface area contributed by atoms with Gasteiger partial charge in [0.25, 0.3) is 0 Å². The zero-order valence-electron chi connectivity index (χ0n) is 26.2. The second kappa shape index (κ2) is 13.6. The van der Waals surface area contributed by atoms with Crippen molar-refractivity contribution in [1.82, 2.24) is 34.9 Å². The number of urea groups is 1. The highest BCUT2D eigenvalue weighted by Crippen LogP contribution is 2.32. The van der Waals surface area contributed by atoms with Crippen LogP contribution in [0.15, 0.2) is 91.6 Å². The zero-order valence-corrected chi connectivity index (χ0v) is 27.1. The number of aromatic nitrogens is 2. The van der Waals surface area contributed by atoms with Crippen molar-refractivity contribution in [1.29, 1.82) is 0 Å². The Bertz CT molecular complexity index is 1880. The van der Waals surface area contributed by atoms with E-state index >= 15 is 0 Å². The lowest BCUT2D eigenvalue weighted by Crippen LogP contribution is -2.76. The summed E-state index contributed by atoms with van der Waals surface area (Å²) in [7, 11) is -3.44. The highest BCUT2D eigenvalue weighted by atomic mass is 31.2. The van der Waals surface area contributed by atoms with Crippen molar-refractivity contribution in [3.63, 3.8) is 0 Å². The number of amides is 4. The Morgan fingerprint density at radius 2 is 1.81 bits per heavy atom.